The van der Waals surface area contributed by atoms with E-state index in [2.05, 4.69) is 5.32 Å². The van der Waals surface area contributed by atoms with Gasteiger partial charge in [-0.25, -0.2) is 9.18 Å². The summed E-state index contributed by atoms with van der Waals surface area (Å²) in [6.07, 6.45) is 0.692. The Hall–Kier alpha value is -2.89. The Kier molecular flexibility index (Phi) is 5.89. The van der Waals surface area contributed by atoms with Crippen LogP contribution in [-0.2, 0) is 16.0 Å². The first kappa shape index (κ1) is 17.5. The fraction of sp³-hybridized carbons (Fsp3) is 0.222. The van der Waals surface area contributed by atoms with Crippen molar-refractivity contribution in [3.8, 4) is 0 Å². The molecule has 0 aliphatic rings. The second kappa shape index (κ2) is 8.10. The Bertz CT molecular complexity index is 747. The van der Waals surface area contributed by atoms with Crippen LogP contribution in [0.1, 0.15) is 21.5 Å². The Morgan fingerprint density at radius 2 is 1.96 bits per heavy atom. The lowest BCUT2D eigenvalue weighted by Gasteiger charge is -2.09. The summed E-state index contributed by atoms with van der Waals surface area (Å²) in [6, 6.07) is 11.3. The molecule has 5 nitrogen and oxygen atoms in total. The van der Waals surface area contributed by atoms with E-state index in [1.807, 2.05) is 31.2 Å². The standard InChI is InChI=1S/C18H19FN2O3/c1-12-4-2-3-5-13(12)8-9-21-17(22)11-24-18(23)15-7-6-14(19)10-16(15)20/h2-7,10H,8-9,11,20H2,1H3,(H,21,22). The number of nitrogens with one attached hydrogen (secondary N) is 1. The van der Waals surface area contributed by atoms with Gasteiger partial charge in [-0.05, 0) is 42.7 Å². The molecule has 126 valence electrons. The predicted octanol–water partition coefficient (Wildman–Crippen LogP) is 2.23. The Morgan fingerprint density at radius 1 is 1.21 bits per heavy atom. The van der Waals surface area contributed by atoms with Crippen LogP contribution in [0.15, 0.2) is 42.5 Å². The quantitative estimate of drug-likeness (QED) is 0.629. The highest BCUT2D eigenvalue weighted by atomic mass is 19.1. The summed E-state index contributed by atoms with van der Waals surface area (Å²) in [5.41, 5.74) is 7.85. The maximum Gasteiger partial charge on any atom is 0.340 e. The first-order chi connectivity index (χ1) is 11.5. The molecule has 6 heteroatoms. The Balaban J connectivity index is 1.77. The van der Waals surface area contributed by atoms with Crippen LogP contribution in [0.3, 0.4) is 0 Å². The van der Waals surface area contributed by atoms with Crippen LogP contribution in [0.5, 0.6) is 0 Å². The van der Waals surface area contributed by atoms with Crippen LogP contribution in [-0.4, -0.2) is 25.0 Å². The number of carbonyl (C=O) groups is 2. The van der Waals surface area contributed by atoms with Crippen molar-refractivity contribution in [1.82, 2.24) is 5.32 Å². The fourth-order valence-corrected chi connectivity index (χ4v) is 2.21. The highest BCUT2D eigenvalue weighted by molar-refractivity contribution is 5.96. The van der Waals surface area contributed by atoms with Crippen molar-refractivity contribution in [3.05, 3.63) is 65.0 Å². The topological polar surface area (TPSA) is 81.4 Å². The third-order valence-corrected chi connectivity index (χ3v) is 3.55. The minimum Gasteiger partial charge on any atom is -0.452 e. The van der Waals surface area contributed by atoms with Crippen molar-refractivity contribution in [2.24, 2.45) is 0 Å². The number of esters is 1. The minimum absolute atomic E-state index is 0.0278. The van der Waals surface area contributed by atoms with Gasteiger partial charge in [0.25, 0.3) is 5.91 Å². The first-order valence-corrected chi connectivity index (χ1v) is 7.50. The normalized spacial score (nSPS) is 10.2. The van der Waals surface area contributed by atoms with Gasteiger partial charge in [-0.15, -0.1) is 0 Å². The zero-order chi connectivity index (χ0) is 17.5. The molecule has 0 heterocycles. The molecule has 0 unspecified atom stereocenters. The monoisotopic (exact) mass is 330 g/mol. The van der Waals surface area contributed by atoms with Crippen LogP contribution in [0.4, 0.5) is 10.1 Å². The van der Waals surface area contributed by atoms with Crippen molar-refractivity contribution in [2.45, 2.75) is 13.3 Å². The number of anilines is 1. The number of ether oxygens (including phenoxy) is 1. The van der Waals surface area contributed by atoms with Gasteiger partial charge in [0.15, 0.2) is 6.61 Å². The van der Waals surface area contributed by atoms with E-state index in [1.165, 1.54) is 6.07 Å². The van der Waals surface area contributed by atoms with E-state index < -0.39 is 24.3 Å². The van der Waals surface area contributed by atoms with Crippen LogP contribution in [0.2, 0.25) is 0 Å². The number of amides is 1. The summed E-state index contributed by atoms with van der Waals surface area (Å²) in [5, 5.41) is 2.68. The van der Waals surface area contributed by atoms with Gasteiger partial charge < -0.3 is 15.8 Å². The van der Waals surface area contributed by atoms with E-state index in [0.717, 1.165) is 23.3 Å². The molecule has 2 rings (SSSR count). The fourth-order valence-electron chi connectivity index (χ4n) is 2.21. The van der Waals surface area contributed by atoms with E-state index in [1.54, 1.807) is 0 Å². The van der Waals surface area contributed by atoms with E-state index in [-0.39, 0.29) is 11.3 Å². The molecule has 3 N–H and O–H groups in total. The van der Waals surface area contributed by atoms with Crippen molar-refractivity contribution >= 4 is 17.6 Å². The van der Waals surface area contributed by atoms with E-state index in [4.69, 9.17) is 10.5 Å². The third kappa shape index (κ3) is 4.81. The number of nitrogens with two attached hydrogens (primary N) is 1. The molecule has 2 aromatic carbocycles. The van der Waals surface area contributed by atoms with Crippen LogP contribution in [0, 0.1) is 12.7 Å². The summed E-state index contributed by atoms with van der Waals surface area (Å²) < 4.78 is 17.8. The van der Waals surface area contributed by atoms with Gasteiger partial charge in [0.1, 0.15) is 5.82 Å². The molecule has 0 aliphatic heterocycles. The summed E-state index contributed by atoms with van der Waals surface area (Å²) in [5.74, 6) is -1.71. The van der Waals surface area contributed by atoms with Gasteiger partial charge in [-0.1, -0.05) is 24.3 Å². The number of rotatable bonds is 6. The molecule has 0 atom stereocenters. The highest BCUT2D eigenvalue weighted by Crippen LogP contribution is 2.14. The van der Waals surface area contributed by atoms with Crippen molar-refractivity contribution in [2.75, 3.05) is 18.9 Å². The molecular weight excluding hydrogens is 311 g/mol. The molecule has 0 saturated heterocycles. The number of hydrogen-bond acceptors (Lipinski definition) is 4. The van der Waals surface area contributed by atoms with Crippen LogP contribution in [0.25, 0.3) is 0 Å². The van der Waals surface area contributed by atoms with Gasteiger partial charge in [0, 0.05) is 12.2 Å². The molecule has 24 heavy (non-hydrogen) atoms. The highest BCUT2D eigenvalue weighted by Gasteiger charge is 2.13. The summed E-state index contributed by atoms with van der Waals surface area (Å²) >= 11 is 0. The zero-order valence-corrected chi connectivity index (χ0v) is 13.3. The molecule has 2 aromatic rings. The Labute approximate surface area is 139 Å². The van der Waals surface area contributed by atoms with Gasteiger partial charge >= 0.3 is 5.97 Å². The molecule has 0 fully saturated rings. The Morgan fingerprint density at radius 3 is 2.67 bits per heavy atom. The van der Waals surface area contributed by atoms with Crippen LogP contribution < -0.4 is 11.1 Å². The summed E-state index contributed by atoms with van der Waals surface area (Å²) in [6.45, 7) is 2.04. The average Bonchev–Trinajstić information content (AvgIpc) is 2.54. The summed E-state index contributed by atoms with van der Waals surface area (Å²) in [4.78, 5) is 23.5. The number of aryl methyl sites for hydroxylation is 1. The lowest BCUT2D eigenvalue weighted by molar-refractivity contribution is -0.124. The molecule has 0 aliphatic carbocycles. The third-order valence-electron chi connectivity index (χ3n) is 3.55. The molecule has 0 spiro atoms. The molecular formula is C18H19FN2O3. The maximum atomic E-state index is 12.9. The lowest BCUT2D eigenvalue weighted by Crippen LogP contribution is -2.30. The van der Waals surface area contributed by atoms with E-state index in [9.17, 15) is 14.0 Å². The molecule has 1 amide bonds. The molecule has 0 saturated carbocycles. The van der Waals surface area contributed by atoms with Gasteiger partial charge in [-0.3, -0.25) is 4.79 Å². The second-order valence-corrected chi connectivity index (χ2v) is 5.33. The molecule has 0 radical (unpaired) electrons. The van der Waals surface area contributed by atoms with Gasteiger partial charge in [0.05, 0.1) is 5.56 Å². The number of benzene rings is 2. The van der Waals surface area contributed by atoms with E-state index >= 15 is 0 Å². The van der Waals surface area contributed by atoms with Gasteiger partial charge in [-0.2, -0.15) is 0 Å². The maximum absolute atomic E-state index is 12.9. The predicted molar refractivity (Wildman–Crippen MR) is 89.0 cm³/mol. The smallest absolute Gasteiger partial charge is 0.340 e. The number of nitrogen functional groups attached to an aromatic ring is 1. The number of carbonyl (C=O) groups excluding carboxylic acids is 2. The summed E-state index contributed by atoms with van der Waals surface area (Å²) in [7, 11) is 0. The average molecular weight is 330 g/mol. The van der Waals surface area contributed by atoms with Crippen molar-refractivity contribution in [3.63, 3.8) is 0 Å². The van der Waals surface area contributed by atoms with E-state index in [0.29, 0.717) is 13.0 Å². The van der Waals surface area contributed by atoms with Crippen molar-refractivity contribution in [1.29, 1.82) is 0 Å². The zero-order valence-electron chi connectivity index (χ0n) is 13.3. The lowest BCUT2D eigenvalue weighted by atomic mass is 10.1. The second-order valence-electron chi connectivity index (χ2n) is 5.33. The minimum atomic E-state index is -0.762. The van der Waals surface area contributed by atoms with Gasteiger partial charge in [0.2, 0.25) is 0 Å². The number of hydrogen-bond donors (Lipinski definition) is 2. The van der Waals surface area contributed by atoms with Crippen LogP contribution >= 0.6 is 0 Å². The first-order valence-electron chi connectivity index (χ1n) is 7.50. The number of halogens is 1. The molecule has 0 bridgehead atoms. The van der Waals surface area contributed by atoms with Crippen molar-refractivity contribution < 1.29 is 18.7 Å². The SMILES string of the molecule is Cc1ccccc1CCNC(=O)COC(=O)c1ccc(F)cc1N. The molecule has 0 aromatic heterocycles. The largest absolute Gasteiger partial charge is 0.452 e.